The van der Waals surface area contributed by atoms with Gasteiger partial charge in [0.2, 0.25) is 0 Å². The number of nitrogens with zero attached hydrogens (tertiary/aromatic N) is 2. The second-order valence-corrected chi connectivity index (χ2v) is 5.95. The van der Waals surface area contributed by atoms with Crippen LogP contribution in [0.25, 0.3) is 0 Å². The number of benzene rings is 1. The van der Waals surface area contributed by atoms with E-state index in [1.165, 1.54) is 12.1 Å². The third-order valence-electron chi connectivity index (χ3n) is 4.07. The number of urea groups is 1. The van der Waals surface area contributed by atoms with Gasteiger partial charge in [0.15, 0.2) is 0 Å². The van der Waals surface area contributed by atoms with Crippen molar-refractivity contribution in [3.8, 4) is 0 Å². The van der Waals surface area contributed by atoms with Crippen LogP contribution in [0.3, 0.4) is 0 Å². The molecule has 1 aromatic carbocycles. The molecule has 2 amide bonds. The number of fused-ring (bicyclic) bond motifs is 1. The minimum absolute atomic E-state index is 0.0456. The Morgan fingerprint density at radius 1 is 1.23 bits per heavy atom. The highest BCUT2D eigenvalue weighted by atomic mass is 19.1. The van der Waals surface area contributed by atoms with E-state index in [0.717, 1.165) is 12.2 Å². The highest BCUT2D eigenvalue weighted by molar-refractivity contribution is 5.89. The number of hydrogen-bond acceptors (Lipinski definition) is 1. The largest absolute Gasteiger partial charge is 0.348 e. The molecule has 1 aliphatic rings. The monoisotopic (exact) mass is 301 g/mol. The van der Waals surface area contributed by atoms with Crippen LogP contribution in [0, 0.1) is 11.7 Å². The fourth-order valence-electron chi connectivity index (χ4n) is 3.07. The molecule has 0 spiro atoms. The molecule has 0 unspecified atom stereocenters. The van der Waals surface area contributed by atoms with Gasteiger partial charge >= 0.3 is 6.03 Å². The summed E-state index contributed by atoms with van der Waals surface area (Å²) in [6, 6.07) is 9.83. The van der Waals surface area contributed by atoms with Crippen molar-refractivity contribution >= 4 is 11.7 Å². The molecule has 3 rings (SSSR count). The van der Waals surface area contributed by atoms with E-state index < -0.39 is 0 Å². The summed E-state index contributed by atoms with van der Waals surface area (Å²) in [5, 5.41) is 2.86. The van der Waals surface area contributed by atoms with Gasteiger partial charge in [-0.2, -0.15) is 0 Å². The second kappa shape index (κ2) is 5.83. The van der Waals surface area contributed by atoms with E-state index in [1.54, 1.807) is 12.1 Å². The summed E-state index contributed by atoms with van der Waals surface area (Å²) in [4.78, 5) is 14.5. The Morgan fingerprint density at radius 3 is 2.64 bits per heavy atom. The number of anilines is 1. The second-order valence-electron chi connectivity index (χ2n) is 5.95. The van der Waals surface area contributed by atoms with Gasteiger partial charge in [-0.05, 0) is 42.3 Å². The number of carbonyl (C=O) groups is 1. The highest BCUT2D eigenvalue weighted by Gasteiger charge is 2.32. The van der Waals surface area contributed by atoms with Crippen molar-refractivity contribution in [2.24, 2.45) is 5.92 Å². The van der Waals surface area contributed by atoms with Crippen LogP contribution in [0.5, 0.6) is 0 Å². The number of halogens is 1. The van der Waals surface area contributed by atoms with Gasteiger partial charge in [0.1, 0.15) is 5.82 Å². The molecule has 0 aliphatic carbocycles. The van der Waals surface area contributed by atoms with Crippen molar-refractivity contribution in [2.45, 2.75) is 26.4 Å². The molecule has 1 atom stereocenters. The number of carbonyl (C=O) groups excluding carboxylic acids is 1. The van der Waals surface area contributed by atoms with Crippen LogP contribution in [-0.2, 0) is 6.54 Å². The number of nitrogens with one attached hydrogen (secondary N) is 1. The first-order valence-corrected chi connectivity index (χ1v) is 7.54. The summed E-state index contributed by atoms with van der Waals surface area (Å²) in [7, 11) is 0. The Kier molecular flexibility index (Phi) is 3.88. The van der Waals surface area contributed by atoms with Crippen LogP contribution < -0.4 is 5.32 Å². The van der Waals surface area contributed by atoms with E-state index in [0.29, 0.717) is 18.2 Å². The van der Waals surface area contributed by atoms with Crippen molar-refractivity contribution in [3.05, 3.63) is 54.1 Å². The lowest BCUT2D eigenvalue weighted by Gasteiger charge is -2.39. The number of rotatable bonds is 2. The molecule has 2 aromatic rings. The van der Waals surface area contributed by atoms with Crippen LogP contribution in [-0.4, -0.2) is 22.0 Å². The van der Waals surface area contributed by atoms with Crippen LogP contribution in [0.4, 0.5) is 14.9 Å². The predicted molar refractivity (Wildman–Crippen MR) is 84.1 cm³/mol. The van der Waals surface area contributed by atoms with Gasteiger partial charge in [0, 0.05) is 30.7 Å². The van der Waals surface area contributed by atoms with Crippen LogP contribution >= 0.6 is 0 Å². The SMILES string of the molecule is CC(C)[C@H]1c2cccn2CCN1C(=O)Nc1ccc(F)cc1. The van der Waals surface area contributed by atoms with Gasteiger partial charge in [-0.3, -0.25) is 0 Å². The summed E-state index contributed by atoms with van der Waals surface area (Å²) in [5.74, 6) is 0.00164. The summed E-state index contributed by atoms with van der Waals surface area (Å²) in [6.07, 6.45) is 2.06. The molecule has 1 N–H and O–H groups in total. The molecule has 0 radical (unpaired) electrons. The molecule has 0 bridgehead atoms. The lowest BCUT2D eigenvalue weighted by molar-refractivity contribution is 0.144. The van der Waals surface area contributed by atoms with Crippen LogP contribution in [0.15, 0.2) is 42.6 Å². The first-order valence-electron chi connectivity index (χ1n) is 7.54. The maximum absolute atomic E-state index is 13.0. The lowest BCUT2D eigenvalue weighted by Crippen LogP contribution is -2.45. The van der Waals surface area contributed by atoms with Gasteiger partial charge in [0.05, 0.1) is 6.04 Å². The topological polar surface area (TPSA) is 37.3 Å². The Balaban J connectivity index is 1.81. The first kappa shape index (κ1) is 14.6. The van der Waals surface area contributed by atoms with Gasteiger partial charge < -0.3 is 14.8 Å². The molecule has 5 heteroatoms. The molecule has 1 aliphatic heterocycles. The fourth-order valence-corrected chi connectivity index (χ4v) is 3.07. The van der Waals surface area contributed by atoms with Gasteiger partial charge in [-0.1, -0.05) is 13.8 Å². The summed E-state index contributed by atoms with van der Waals surface area (Å²) in [6.45, 7) is 5.69. The zero-order valence-electron chi connectivity index (χ0n) is 12.8. The van der Waals surface area contributed by atoms with Crippen molar-refractivity contribution in [1.82, 2.24) is 9.47 Å². The average molecular weight is 301 g/mol. The smallest absolute Gasteiger partial charge is 0.322 e. The average Bonchev–Trinajstić information content (AvgIpc) is 2.96. The van der Waals surface area contributed by atoms with Gasteiger partial charge in [-0.25, -0.2) is 9.18 Å². The Hall–Kier alpha value is -2.30. The molecule has 0 saturated heterocycles. The molecular weight excluding hydrogens is 281 g/mol. The number of aromatic nitrogens is 1. The molecule has 22 heavy (non-hydrogen) atoms. The third-order valence-corrected chi connectivity index (χ3v) is 4.07. The standard InChI is InChI=1S/C17H20FN3O/c1-12(2)16-15-4-3-9-20(15)10-11-21(16)17(22)19-14-7-5-13(18)6-8-14/h3-9,12,16H,10-11H2,1-2H3,(H,19,22)/t16-/m0/s1. The maximum atomic E-state index is 13.0. The highest BCUT2D eigenvalue weighted by Crippen LogP contribution is 2.32. The molecule has 116 valence electrons. The minimum Gasteiger partial charge on any atom is -0.348 e. The fraction of sp³-hybridized carbons (Fsp3) is 0.353. The molecule has 0 saturated carbocycles. The van der Waals surface area contributed by atoms with Crippen molar-refractivity contribution in [3.63, 3.8) is 0 Å². The summed E-state index contributed by atoms with van der Waals surface area (Å²) >= 11 is 0. The lowest BCUT2D eigenvalue weighted by atomic mass is 9.97. The maximum Gasteiger partial charge on any atom is 0.322 e. The molecule has 2 heterocycles. The van der Waals surface area contributed by atoms with Crippen LogP contribution in [0.1, 0.15) is 25.6 Å². The van der Waals surface area contributed by atoms with Crippen molar-refractivity contribution in [1.29, 1.82) is 0 Å². The molecular formula is C17H20FN3O. The third kappa shape index (κ3) is 2.71. The minimum atomic E-state index is -0.311. The Labute approximate surface area is 129 Å². The summed E-state index contributed by atoms with van der Waals surface area (Å²) in [5.41, 5.74) is 1.77. The van der Waals surface area contributed by atoms with Crippen molar-refractivity contribution in [2.75, 3.05) is 11.9 Å². The van der Waals surface area contributed by atoms with Gasteiger partial charge in [0.25, 0.3) is 0 Å². The normalized spacial score (nSPS) is 17.5. The van der Waals surface area contributed by atoms with Crippen molar-refractivity contribution < 1.29 is 9.18 Å². The number of amides is 2. The first-order chi connectivity index (χ1) is 10.6. The van der Waals surface area contributed by atoms with E-state index in [9.17, 15) is 9.18 Å². The van der Waals surface area contributed by atoms with E-state index in [2.05, 4.69) is 36.0 Å². The number of hydrogen-bond donors (Lipinski definition) is 1. The van der Waals surface area contributed by atoms with E-state index in [1.807, 2.05) is 11.0 Å². The Morgan fingerprint density at radius 2 is 1.95 bits per heavy atom. The van der Waals surface area contributed by atoms with Gasteiger partial charge in [-0.15, -0.1) is 0 Å². The summed E-state index contributed by atoms with van der Waals surface area (Å²) < 4.78 is 15.2. The van der Waals surface area contributed by atoms with E-state index in [-0.39, 0.29) is 17.9 Å². The van der Waals surface area contributed by atoms with E-state index >= 15 is 0 Å². The quantitative estimate of drug-likeness (QED) is 0.898. The zero-order valence-corrected chi connectivity index (χ0v) is 12.8. The zero-order chi connectivity index (χ0) is 15.7. The molecule has 1 aromatic heterocycles. The Bertz CT molecular complexity index is 663. The molecule has 0 fully saturated rings. The van der Waals surface area contributed by atoms with Crippen LogP contribution in [0.2, 0.25) is 0 Å². The molecule has 4 nitrogen and oxygen atoms in total. The predicted octanol–water partition coefficient (Wildman–Crippen LogP) is 3.87. The van der Waals surface area contributed by atoms with E-state index in [4.69, 9.17) is 0 Å².